The molecule has 1 atom stereocenters. The summed E-state index contributed by atoms with van der Waals surface area (Å²) in [7, 11) is -3.01. The molecule has 0 heterocycles. The van der Waals surface area contributed by atoms with Crippen LogP contribution in [0.3, 0.4) is 0 Å². The van der Waals surface area contributed by atoms with Gasteiger partial charge in [0, 0.05) is 16.9 Å². The molecule has 17 heavy (non-hydrogen) atoms. The molecule has 0 saturated heterocycles. The molecule has 0 amide bonds. The third-order valence-corrected chi connectivity index (χ3v) is 4.40. The largest absolute Gasteiger partial charge is 0.389 e. The first-order chi connectivity index (χ1) is 7.79. The molecule has 0 aromatic heterocycles. The summed E-state index contributed by atoms with van der Waals surface area (Å²) in [5, 5.41) is 9.27. The van der Waals surface area contributed by atoms with E-state index in [0.717, 1.165) is 18.0 Å². The lowest BCUT2D eigenvalue weighted by atomic mass is 10.1. The summed E-state index contributed by atoms with van der Waals surface area (Å²) in [5.41, 5.74) is 0.509. The second-order valence-electron chi connectivity index (χ2n) is 3.84. The van der Waals surface area contributed by atoms with Gasteiger partial charge in [-0.15, -0.1) is 11.8 Å². The van der Waals surface area contributed by atoms with Crippen molar-refractivity contribution < 1.29 is 17.9 Å². The lowest BCUT2D eigenvalue weighted by Gasteiger charge is -2.07. The number of aliphatic hydroxyl groups excluding tert-OH is 1. The molecule has 0 aliphatic carbocycles. The number of halogens is 1. The average molecular weight is 278 g/mol. The first-order valence-corrected chi connectivity index (χ1v) is 8.12. The smallest absolute Gasteiger partial charge is 0.148 e. The van der Waals surface area contributed by atoms with Crippen LogP contribution in [0.1, 0.15) is 18.6 Å². The van der Waals surface area contributed by atoms with Crippen LogP contribution in [0.15, 0.2) is 23.1 Å². The summed E-state index contributed by atoms with van der Waals surface area (Å²) < 4.78 is 35.4. The van der Waals surface area contributed by atoms with Gasteiger partial charge in [0.2, 0.25) is 0 Å². The van der Waals surface area contributed by atoms with E-state index in [1.807, 2.05) is 0 Å². The number of rotatable bonds is 5. The van der Waals surface area contributed by atoms with Crippen LogP contribution in [0.5, 0.6) is 0 Å². The molecule has 0 saturated carbocycles. The van der Waals surface area contributed by atoms with E-state index in [2.05, 4.69) is 0 Å². The minimum Gasteiger partial charge on any atom is -0.389 e. The van der Waals surface area contributed by atoms with Gasteiger partial charge in [-0.1, -0.05) is 6.07 Å². The zero-order valence-electron chi connectivity index (χ0n) is 9.68. The van der Waals surface area contributed by atoms with Crippen molar-refractivity contribution in [3.05, 3.63) is 29.6 Å². The van der Waals surface area contributed by atoms with Gasteiger partial charge in [0.15, 0.2) is 0 Å². The maximum Gasteiger partial charge on any atom is 0.148 e. The maximum atomic E-state index is 13.5. The average Bonchev–Trinajstić information content (AvgIpc) is 2.18. The van der Waals surface area contributed by atoms with Crippen molar-refractivity contribution in [2.75, 3.05) is 17.8 Å². The van der Waals surface area contributed by atoms with Crippen LogP contribution in [0.2, 0.25) is 0 Å². The Labute approximate surface area is 105 Å². The van der Waals surface area contributed by atoms with E-state index in [4.69, 9.17) is 0 Å². The molecule has 0 unspecified atom stereocenters. The van der Waals surface area contributed by atoms with Crippen LogP contribution >= 0.6 is 11.8 Å². The third kappa shape index (κ3) is 5.06. The summed E-state index contributed by atoms with van der Waals surface area (Å²) in [6.07, 6.45) is 0.444. The molecule has 6 heteroatoms. The number of benzene rings is 1. The lowest BCUT2D eigenvalue weighted by Crippen LogP contribution is -2.05. The van der Waals surface area contributed by atoms with Crippen LogP contribution in [-0.2, 0) is 9.84 Å². The molecule has 0 fully saturated rings. The van der Waals surface area contributed by atoms with Crippen molar-refractivity contribution in [2.45, 2.75) is 17.9 Å². The standard InChI is InChI=1S/C11H15FO3S2/c1-8(13)9-3-4-11(10(12)7-9)16-5-6-17(2,14)15/h3-4,7-8,13H,5-6H2,1-2H3/t8-/m0/s1. The highest BCUT2D eigenvalue weighted by Gasteiger charge is 2.09. The number of thioether (sulfide) groups is 1. The van der Waals surface area contributed by atoms with Gasteiger partial charge >= 0.3 is 0 Å². The zero-order chi connectivity index (χ0) is 13.1. The van der Waals surface area contributed by atoms with Gasteiger partial charge in [-0.2, -0.15) is 0 Å². The molecule has 1 rings (SSSR count). The zero-order valence-corrected chi connectivity index (χ0v) is 11.3. The molecular formula is C11H15FO3S2. The van der Waals surface area contributed by atoms with E-state index in [1.165, 1.54) is 6.07 Å². The molecule has 1 N–H and O–H groups in total. The first kappa shape index (κ1) is 14.5. The summed E-state index contributed by atoms with van der Waals surface area (Å²) >= 11 is 1.16. The Hall–Kier alpha value is -0.590. The molecule has 0 aliphatic heterocycles. The second kappa shape index (κ2) is 5.84. The molecule has 0 bridgehead atoms. The molecule has 0 radical (unpaired) electrons. The second-order valence-corrected chi connectivity index (χ2v) is 7.24. The predicted molar refractivity (Wildman–Crippen MR) is 67.5 cm³/mol. The Kier molecular flexibility index (Phi) is 4.97. The van der Waals surface area contributed by atoms with E-state index >= 15 is 0 Å². The highest BCUT2D eigenvalue weighted by Crippen LogP contribution is 2.24. The summed E-state index contributed by atoms with van der Waals surface area (Å²) in [5.74, 6) is -0.0825. The van der Waals surface area contributed by atoms with Gasteiger partial charge in [0.25, 0.3) is 0 Å². The minimum absolute atomic E-state index is 0.0231. The van der Waals surface area contributed by atoms with E-state index < -0.39 is 21.8 Å². The Morgan fingerprint density at radius 1 is 1.47 bits per heavy atom. The van der Waals surface area contributed by atoms with Crippen molar-refractivity contribution in [3.63, 3.8) is 0 Å². The third-order valence-electron chi connectivity index (χ3n) is 2.15. The number of sulfone groups is 1. The van der Waals surface area contributed by atoms with Crippen molar-refractivity contribution in [2.24, 2.45) is 0 Å². The first-order valence-electron chi connectivity index (χ1n) is 5.07. The fourth-order valence-electron chi connectivity index (χ4n) is 1.20. The monoisotopic (exact) mass is 278 g/mol. The molecule has 0 aliphatic rings. The number of hydrogen-bond donors (Lipinski definition) is 1. The fraction of sp³-hybridized carbons (Fsp3) is 0.455. The van der Waals surface area contributed by atoms with Crippen molar-refractivity contribution in [1.29, 1.82) is 0 Å². The number of hydrogen-bond acceptors (Lipinski definition) is 4. The van der Waals surface area contributed by atoms with Crippen LogP contribution < -0.4 is 0 Å². The van der Waals surface area contributed by atoms with Crippen molar-refractivity contribution in [1.82, 2.24) is 0 Å². The summed E-state index contributed by atoms with van der Waals surface area (Å²) in [6, 6.07) is 4.47. The highest BCUT2D eigenvalue weighted by atomic mass is 32.2. The van der Waals surface area contributed by atoms with Gasteiger partial charge in [-0.25, -0.2) is 12.8 Å². The topological polar surface area (TPSA) is 54.4 Å². The van der Waals surface area contributed by atoms with Gasteiger partial charge in [0.1, 0.15) is 15.7 Å². The lowest BCUT2D eigenvalue weighted by molar-refractivity contribution is 0.198. The van der Waals surface area contributed by atoms with Crippen molar-refractivity contribution in [3.8, 4) is 0 Å². The van der Waals surface area contributed by atoms with Crippen LogP contribution in [0.4, 0.5) is 4.39 Å². The van der Waals surface area contributed by atoms with E-state index in [9.17, 15) is 17.9 Å². The normalized spacial score (nSPS) is 13.6. The molecular weight excluding hydrogens is 263 g/mol. The fourth-order valence-corrected chi connectivity index (χ4v) is 3.32. The van der Waals surface area contributed by atoms with Crippen LogP contribution in [0, 0.1) is 5.82 Å². The van der Waals surface area contributed by atoms with E-state index in [-0.39, 0.29) is 5.75 Å². The Morgan fingerprint density at radius 3 is 2.59 bits per heavy atom. The Balaban J connectivity index is 2.67. The Bertz CT molecular complexity index is 483. The van der Waals surface area contributed by atoms with Gasteiger partial charge in [-0.3, -0.25) is 0 Å². The van der Waals surface area contributed by atoms with Crippen molar-refractivity contribution >= 4 is 21.6 Å². The molecule has 1 aromatic rings. The number of aliphatic hydroxyl groups is 1. The molecule has 1 aromatic carbocycles. The minimum atomic E-state index is -3.01. The maximum absolute atomic E-state index is 13.5. The van der Waals surface area contributed by atoms with Gasteiger partial charge in [0.05, 0.1) is 11.9 Å². The SMILES string of the molecule is C[C@H](O)c1ccc(SCCS(C)(=O)=O)c(F)c1. The Morgan fingerprint density at radius 2 is 2.12 bits per heavy atom. The summed E-state index contributed by atoms with van der Waals surface area (Å²) in [6.45, 7) is 1.56. The molecule has 96 valence electrons. The summed E-state index contributed by atoms with van der Waals surface area (Å²) in [4.78, 5) is 0.401. The highest BCUT2D eigenvalue weighted by molar-refractivity contribution is 8.00. The van der Waals surface area contributed by atoms with E-state index in [1.54, 1.807) is 19.1 Å². The van der Waals surface area contributed by atoms with Crippen LogP contribution in [-0.4, -0.2) is 31.3 Å². The van der Waals surface area contributed by atoms with Gasteiger partial charge < -0.3 is 5.11 Å². The van der Waals surface area contributed by atoms with E-state index in [0.29, 0.717) is 16.2 Å². The predicted octanol–water partition coefficient (Wildman–Crippen LogP) is 2.02. The molecule has 3 nitrogen and oxygen atoms in total. The van der Waals surface area contributed by atoms with Crippen LogP contribution in [0.25, 0.3) is 0 Å². The van der Waals surface area contributed by atoms with Gasteiger partial charge in [-0.05, 0) is 24.6 Å². The molecule has 0 spiro atoms. The quantitative estimate of drug-likeness (QED) is 0.837.